The van der Waals surface area contributed by atoms with E-state index in [1.54, 1.807) is 6.26 Å². The van der Waals surface area contributed by atoms with E-state index in [-0.39, 0.29) is 11.9 Å². The van der Waals surface area contributed by atoms with Gasteiger partial charge in [-0.1, -0.05) is 6.07 Å². The van der Waals surface area contributed by atoms with E-state index >= 15 is 0 Å². The molecule has 1 amide bonds. The third-order valence-corrected chi connectivity index (χ3v) is 4.46. The molecule has 100 valence electrons. The molecule has 4 nitrogen and oxygen atoms in total. The van der Waals surface area contributed by atoms with Crippen LogP contribution in [0, 0.1) is 0 Å². The largest absolute Gasteiger partial charge is 0.469 e. The van der Waals surface area contributed by atoms with Crippen molar-refractivity contribution in [2.24, 2.45) is 5.73 Å². The third kappa shape index (κ3) is 2.43. The summed E-state index contributed by atoms with van der Waals surface area (Å²) in [6.45, 7) is 0. The third-order valence-electron chi connectivity index (χ3n) is 3.50. The average molecular weight is 276 g/mol. The number of carbonyl (C=O) groups is 1. The van der Waals surface area contributed by atoms with Crippen molar-refractivity contribution in [3.63, 3.8) is 0 Å². The lowest BCUT2D eigenvalue weighted by molar-refractivity contribution is -0.123. The van der Waals surface area contributed by atoms with Crippen molar-refractivity contribution < 1.29 is 9.21 Å². The molecule has 3 rings (SSSR count). The summed E-state index contributed by atoms with van der Waals surface area (Å²) in [5.74, 6) is 0.864. The molecule has 0 radical (unpaired) electrons. The Labute approximate surface area is 115 Å². The number of amides is 1. The minimum absolute atomic E-state index is 0.0287. The molecule has 2 unspecified atom stereocenters. The normalized spacial score (nSPS) is 19.7. The molecule has 0 aromatic carbocycles. The molecule has 3 N–H and O–H groups in total. The van der Waals surface area contributed by atoms with E-state index in [1.165, 1.54) is 11.3 Å². The quantitative estimate of drug-likeness (QED) is 0.905. The molecule has 2 heterocycles. The highest BCUT2D eigenvalue weighted by atomic mass is 32.1. The van der Waals surface area contributed by atoms with Crippen molar-refractivity contribution in [1.29, 1.82) is 0 Å². The number of hydrogen-bond donors (Lipinski definition) is 2. The zero-order valence-electron chi connectivity index (χ0n) is 10.5. The van der Waals surface area contributed by atoms with Crippen LogP contribution in [0.1, 0.15) is 41.1 Å². The van der Waals surface area contributed by atoms with Crippen LogP contribution in [-0.2, 0) is 11.2 Å². The Balaban J connectivity index is 1.71. The SMILES string of the molecule is NC(C(=O)NC1CCCc2occc21)c1cccs1. The first kappa shape index (κ1) is 12.4. The summed E-state index contributed by atoms with van der Waals surface area (Å²) >= 11 is 1.50. The molecule has 2 aromatic heterocycles. The Hall–Kier alpha value is -1.59. The number of hydrogen-bond acceptors (Lipinski definition) is 4. The maximum atomic E-state index is 12.2. The lowest BCUT2D eigenvalue weighted by Gasteiger charge is -2.24. The molecular formula is C14H16N2O2S. The van der Waals surface area contributed by atoms with Gasteiger partial charge in [-0.15, -0.1) is 11.3 Å². The van der Waals surface area contributed by atoms with E-state index in [2.05, 4.69) is 5.32 Å². The van der Waals surface area contributed by atoms with Crippen molar-refractivity contribution in [2.45, 2.75) is 31.3 Å². The van der Waals surface area contributed by atoms with Gasteiger partial charge < -0.3 is 15.5 Å². The van der Waals surface area contributed by atoms with Crippen molar-refractivity contribution in [3.05, 3.63) is 46.0 Å². The second kappa shape index (κ2) is 5.19. The molecule has 0 fully saturated rings. The number of fused-ring (bicyclic) bond motifs is 1. The molecule has 0 saturated carbocycles. The number of carbonyl (C=O) groups excluding carboxylic acids is 1. The van der Waals surface area contributed by atoms with E-state index in [0.717, 1.165) is 35.5 Å². The molecule has 1 aliphatic carbocycles. The molecule has 2 atom stereocenters. The topological polar surface area (TPSA) is 68.3 Å². The Morgan fingerprint density at radius 3 is 3.21 bits per heavy atom. The zero-order valence-corrected chi connectivity index (χ0v) is 11.3. The van der Waals surface area contributed by atoms with Crippen molar-refractivity contribution >= 4 is 17.2 Å². The van der Waals surface area contributed by atoms with Gasteiger partial charge in [-0.2, -0.15) is 0 Å². The molecule has 0 spiro atoms. The number of thiophene rings is 1. The smallest absolute Gasteiger partial charge is 0.242 e. The highest BCUT2D eigenvalue weighted by molar-refractivity contribution is 7.10. The fourth-order valence-electron chi connectivity index (χ4n) is 2.50. The standard InChI is InChI=1S/C14H16N2O2S/c15-13(12-5-2-8-19-12)14(17)16-10-3-1-4-11-9(10)6-7-18-11/h2,5-8,10,13H,1,3-4,15H2,(H,16,17). The predicted molar refractivity (Wildman–Crippen MR) is 73.8 cm³/mol. The fraction of sp³-hybridized carbons (Fsp3) is 0.357. The van der Waals surface area contributed by atoms with E-state index in [9.17, 15) is 4.79 Å². The minimum atomic E-state index is -0.586. The number of aryl methyl sites for hydroxylation is 1. The molecule has 0 bridgehead atoms. The van der Waals surface area contributed by atoms with Gasteiger partial charge in [-0.05, 0) is 30.4 Å². The summed E-state index contributed by atoms with van der Waals surface area (Å²) in [5, 5.41) is 4.96. The first-order valence-corrected chi connectivity index (χ1v) is 7.29. The van der Waals surface area contributed by atoms with Crippen LogP contribution in [0.15, 0.2) is 34.3 Å². The number of rotatable bonds is 3. The molecule has 2 aromatic rings. The summed E-state index contributed by atoms with van der Waals surface area (Å²) in [7, 11) is 0. The first-order chi connectivity index (χ1) is 9.25. The van der Waals surface area contributed by atoms with Gasteiger partial charge in [-0.25, -0.2) is 0 Å². The second-order valence-corrected chi connectivity index (χ2v) is 5.72. The molecule has 0 saturated heterocycles. The number of nitrogens with one attached hydrogen (secondary N) is 1. The van der Waals surface area contributed by atoms with Gasteiger partial charge in [0.1, 0.15) is 11.8 Å². The number of nitrogens with two attached hydrogens (primary N) is 1. The van der Waals surface area contributed by atoms with E-state index in [1.807, 2.05) is 23.6 Å². The van der Waals surface area contributed by atoms with Crippen LogP contribution in [0.3, 0.4) is 0 Å². The van der Waals surface area contributed by atoms with Crippen molar-refractivity contribution in [3.8, 4) is 0 Å². The van der Waals surface area contributed by atoms with Gasteiger partial charge in [0.25, 0.3) is 0 Å². The van der Waals surface area contributed by atoms with E-state index in [4.69, 9.17) is 10.2 Å². The minimum Gasteiger partial charge on any atom is -0.469 e. The summed E-state index contributed by atoms with van der Waals surface area (Å²) in [5.41, 5.74) is 7.07. The maximum Gasteiger partial charge on any atom is 0.242 e. The summed E-state index contributed by atoms with van der Waals surface area (Å²) < 4.78 is 5.42. The Kier molecular flexibility index (Phi) is 3.40. The van der Waals surface area contributed by atoms with Crippen LogP contribution in [0.2, 0.25) is 0 Å². The van der Waals surface area contributed by atoms with Gasteiger partial charge >= 0.3 is 0 Å². The van der Waals surface area contributed by atoms with Gasteiger partial charge in [0, 0.05) is 16.9 Å². The fourth-order valence-corrected chi connectivity index (χ4v) is 3.22. The molecular weight excluding hydrogens is 260 g/mol. The number of furan rings is 1. The van der Waals surface area contributed by atoms with Gasteiger partial charge in [-0.3, -0.25) is 4.79 Å². The van der Waals surface area contributed by atoms with Crippen molar-refractivity contribution in [2.75, 3.05) is 0 Å². The Morgan fingerprint density at radius 1 is 1.53 bits per heavy atom. The summed E-state index contributed by atoms with van der Waals surface area (Å²) in [6.07, 6.45) is 4.61. The first-order valence-electron chi connectivity index (χ1n) is 6.41. The highest BCUT2D eigenvalue weighted by Gasteiger charge is 2.26. The van der Waals surface area contributed by atoms with Gasteiger partial charge in [0.05, 0.1) is 12.3 Å². The van der Waals surface area contributed by atoms with Crippen LogP contribution < -0.4 is 11.1 Å². The van der Waals surface area contributed by atoms with Crippen LogP contribution in [0.25, 0.3) is 0 Å². The molecule has 0 aliphatic heterocycles. The van der Waals surface area contributed by atoms with Crippen LogP contribution >= 0.6 is 11.3 Å². The molecule has 19 heavy (non-hydrogen) atoms. The predicted octanol–water partition coefficient (Wildman–Crippen LogP) is 2.53. The monoisotopic (exact) mass is 276 g/mol. The van der Waals surface area contributed by atoms with Gasteiger partial charge in [0.15, 0.2) is 0 Å². The molecule has 1 aliphatic rings. The summed E-state index contributed by atoms with van der Waals surface area (Å²) in [4.78, 5) is 13.1. The lowest BCUT2D eigenvalue weighted by Crippen LogP contribution is -2.37. The van der Waals surface area contributed by atoms with Crippen LogP contribution in [0.5, 0.6) is 0 Å². The second-order valence-electron chi connectivity index (χ2n) is 4.75. The summed E-state index contributed by atoms with van der Waals surface area (Å²) in [6, 6.07) is 5.18. The Bertz CT molecular complexity index is 562. The lowest BCUT2D eigenvalue weighted by atomic mass is 9.93. The maximum absolute atomic E-state index is 12.2. The van der Waals surface area contributed by atoms with Crippen LogP contribution in [-0.4, -0.2) is 5.91 Å². The zero-order chi connectivity index (χ0) is 13.2. The van der Waals surface area contributed by atoms with Gasteiger partial charge in [0.2, 0.25) is 5.91 Å². The van der Waals surface area contributed by atoms with Crippen molar-refractivity contribution in [1.82, 2.24) is 5.32 Å². The Morgan fingerprint density at radius 2 is 2.42 bits per heavy atom. The van der Waals surface area contributed by atoms with Crippen LogP contribution in [0.4, 0.5) is 0 Å². The van der Waals surface area contributed by atoms with E-state index < -0.39 is 6.04 Å². The highest BCUT2D eigenvalue weighted by Crippen LogP contribution is 2.31. The van der Waals surface area contributed by atoms with E-state index in [0.29, 0.717) is 0 Å². The average Bonchev–Trinajstić information content (AvgIpc) is 3.09. The molecule has 5 heteroatoms.